The topological polar surface area (TPSA) is 45.2 Å². The second-order valence-electron chi connectivity index (χ2n) is 6.51. The van der Waals surface area contributed by atoms with E-state index in [1.54, 1.807) is 12.3 Å². The van der Waals surface area contributed by atoms with E-state index in [0.29, 0.717) is 11.6 Å². The van der Waals surface area contributed by atoms with Crippen molar-refractivity contribution in [3.05, 3.63) is 52.3 Å². The largest absolute Gasteiger partial charge is 0.354 e. The maximum Gasteiger partial charge on any atom is 0.272 e. The fourth-order valence-corrected chi connectivity index (χ4v) is 3.53. The molecule has 2 aromatic rings. The number of carbonyl (C=O) groups excluding carboxylic acids is 1. The Labute approximate surface area is 151 Å². The quantitative estimate of drug-likeness (QED) is 0.824. The molecule has 1 N–H and O–H groups in total. The van der Waals surface area contributed by atoms with Gasteiger partial charge in [0.1, 0.15) is 5.69 Å². The molecule has 0 spiro atoms. The highest BCUT2D eigenvalue weighted by molar-refractivity contribution is 9.10. The number of piperidine rings is 1. The Hall–Kier alpha value is -1.88. The minimum Gasteiger partial charge on any atom is -0.354 e. The van der Waals surface area contributed by atoms with Crippen molar-refractivity contribution in [2.75, 3.05) is 18.4 Å². The van der Waals surface area contributed by atoms with E-state index in [2.05, 4.69) is 46.1 Å². The van der Waals surface area contributed by atoms with Gasteiger partial charge in [0.05, 0.1) is 11.9 Å². The summed E-state index contributed by atoms with van der Waals surface area (Å²) in [4.78, 5) is 18.8. The highest BCUT2D eigenvalue weighted by Crippen LogP contribution is 2.24. The molecule has 1 aliphatic rings. The van der Waals surface area contributed by atoms with Gasteiger partial charge in [-0.15, -0.1) is 0 Å². The molecular weight excluding hydrogens is 366 g/mol. The molecule has 1 aromatic heterocycles. The smallest absolute Gasteiger partial charge is 0.272 e. The first-order chi connectivity index (χ1) is 11.5. The fraction of sp³-hybridized carbons (Fsp3) is 0.368. The summed E-state index contributed by atoms with van der Waals surface area (Å²) in [6.07, 6.45) is 4.00. The van der Waals surface area contributed by atoms with Gasteiger partial charge < -0.3 is 10.2 Å². The Morgan fingerprint density at radius 3 is 2.83 bits per heavy atom. The fourth-order valence-electron chi connectivity index (χ4n) is 3.05. The van der Waals surface area contributed by atoms with Crippen LogP contribution in [0.5, 0.6) is 0 Å². The van der Waals surface area contributed by atoms with Crippen molar-refractivity contribution >= 4 is 33.2 Å². The number of halogens is 1. The molecule has 2 heterocycles. The lowest BCUT2D eigenvalue weighted by Crippen LogP contribution is -2.39. The molecule has 24 heavy (non-hydrogen) atoms. The number of nitrogens with one attached hydrogen (secondary N) is 1. The minimum absolute atomic E-state index is 0.0351. The molecule has 0 aliphatic carbocycles. The number of amides is 1. The van der Waals surface area contributed by atoms with E-state index in [1.807, 2.05) is 23.1 Å². The molecule has 0 bridgehead atoms. The van der Waals surface area contributed by atoms with Crippen LogP contribution in [-0.2, 0) is 0 Å². The van der Waals surface area contributed by atoms with Crippen molar-refractivity contribution in [2.45, 2.75) is 26.7 Å². The summed E-state index contributed by atoms with van der Waals surface area (Å²) < 4.78 is 1.06. The van der Waals surface area contributed by atoms with Crippen LogP contribution in [0.2, 0.25) is 0 Å². The van der Waals surface area contributed by atoms with Crippen LogP contribution in [0.3, 0.4) is 0 Å². The molecule has 1 atom stereocenters. The second kappa shape index (κ2) is 7.34. The van der Waals surface area contributed by atoms with Crippen molar-refractivity contribution in [1.82, 2.24) is 9.88 Å². The molecule has 3 rings (SSSR count). The van der Waals surface area contributed by atoms with Crippen LogP contribution in [0, 0.1) is 12.8 Å². The predicted molar refractivity (Wildman–Crippen MR) is 101 cm³/mol. The Morgan fingerprint density at radius 1 is 1.33 bits per heavy atom. The Kier molecular flexibility index (Phi) is 5.19. The zero-order valence-electron chi connectivity index (χ0n) is 14.1. The first kappa shape index (κ1) is 17.0. The van der Waals surface area contributed by atoms with Gasteiger partial charge in [-0.2, -0.15) is 0 Å². The van der Waals surface area contributed by atoms with Gasteiger partial charge in [0.2, 0.25) is 0 Å². The number of hydrogen-bond donors (Lipinski definition) is 1. The van der Waals surface area contributed by atoms with E-state index in [4.69, 9.17) is 0 Å². The van der Waals surface area contributed by atoms with Crippen LogP contribution in [0.4, 0.5) is 11.4 Å². The molecule has 1 unspecified atom stereocenters. The Balaban J connectivity index is 1.69. The van der Waals surface area contributed by atoms with Gasteiger partial charge in [-0.25, -0.2) is 4.98 Å². The number of rotatable bonds is 3. The zero-order valence-corrected chi connectivity index (χ0v) is 15.6. The maximum atomic E-state index is 12.5. The van der Waals surface area contributed by atoms with Crippen molar-refractivity contribution in [2.24, 2.45) is 5.92 Å². The number of pyridine rings is 1. The van der Waals surface area contributed by atoms with E-state index in [-0.39, 0.29) is 5.91 Å². The van der Waals surface area contributed by atoms with Gasteiger partial charge in [0.15, 0.2) is 0 Å². The molecule has 5 heteroatoms. The molecule has 4 nitrogen and oxygen atoms in total. The Morgan fingerprint density at radius 2 is 2.17 bits per heavy atom. The van der Waals surface area contributed by atoms with Gasteiger partial charge >= 0.3 is 0 Å². The minimum atomic E-state index is 0.0351. The van der Waals surface area contributed by atoms with Crippen LogP contribution >= 0.6 is 15.9 Å². The molecular formula is C19H22BrN3O. The molecule has 0 radical (unpaired) electrons. The lowest BCUT2D eigenvalue weighted by Gasteiger charge is -2.30. The summed E-state index contributed by atoms with van der Waals surface area (Å²) in [5.74, 6) is 0.608. The number of likely N-dealkylation sites (tertiary alicyclic amines) is 1. The van der Waals surface area contributed by atoms with Crippen LogP contribution in [0.15, 0.2) is 41.0 Å². The SMILES string of the molecule is Cc1cc(Br)ccc1Nc1ccc(C(=O)N2CCCC(C)C2)nc1. The van der Waals surface area contributed by atoms with Gasteiger partial charge in [-0.1, -0.05) is 22.9 Å². The van der Waals surface area contributed by atoms with Crippen molar-refractivity contribution < 1.29 is 4.79 Å². The predicted octanol–water partition coefficient (Wildman–Crippen LogP) is 4.77. The van der Waals surface area contributed by atoms with Crippen LogP contribution in [-0.4, -0.2) is 28.9 Å². The average molecular weight is 388 g/mol. The molecule has 1 amide bonds. The normalized spacial score (nSPS) is 17.6. The first-order valence-corrected chi connectivity index (χ1v) is 9.11. The third-order valence-electron chi connectivity index (χ3n) is 4.39. The lowest BCUT2D eigenvalue weighted by molar-refractivity contribution is 0.0677. The summed E-state index contributed by atoms with van der Waals surface area (Å²) in [7, 11) is 0. The summed E-state index contributed by atoms with van der Waals surface area (Å²) in [5, 5.41) is 3.34. The zero-order chi connectivity index (χ0) is 17.1. The average Bonchev–Trinajstić information content (AvgIpc) is 2.57. The van der Waals surface area contributed by atoms with Gasteiger partial charge in [0.25, 0.3) is 5.91 Å². The van der Waals surface area contributed by atoms with Crippen molar-refractivity contribution in [3.8, 4) is 0 Å². The van der Waals surface area contributed by atoms with E-state index < -0.39 is 0 Å². The van der Waals surface area contributed by atoms with E-state index >= 15 is 0 Å². The van der Waals surface area contributed by atoms with Crippen LogP contribution < -0.4 is 5.32 Å². The third kappa shape index (κ3) is 3.96. The molecule has 1 fully saturated rings. The number of aromatic nitrogens is 1. The van der Waals surface area contributed by atoms with Gasteiger partial charge in [0, 0.05) is 23.2 Å². The number of nitrogens with zero attached hydrogens (tertiary/aromatic N) is 2. The van der Waals surface area contributed by atoms with E-state index in [0.717, 1.165) is 40.9 Å². The highest BCUT2D eigenvalue weighted by atomic mass is 79.9. The molecule has 126 valence electrons. The lowest BCUT2D eigenvalue weighted by atomic mass is 10.00. The molecule has 1 saturated heterocycles. The summed E-state index contributed by atoms with van der Waals surface area (Å²) in [6.45, 7) is 5.91. The summed E-state index contributed by atoms with van der Waals surface area (Å²) in [6, 6.07) is 9.80. The van der Waals surface area contributed by atoms with Crippen molar-refractivity contribution in [1.29, 1.82) is 0 Å². The van der Waals surface area contributed by atoms with Gasteiger partial charge in [-0.05, 0) is 61.6 Å². The Bertz CT molecular complexity index is 730. The number of carbonyl (C=O) groups is 1. The molecule has 0 saturated carbocycles. The number of benzene rings is 1. The van der Waals surface area contributed by atoms with E-state index in [9.17, 15) is 4.79 Å². The monoisotopic (exact) mass is 387 g/mol. The van der Waals surface area contributed by atoms with Crippen molar-refractivity contribution in [3.63, 3.8) is 0 Å². The first-order valence-electron chi connectivity index (χ1n) is 8.31. The second-order valence-corrected chi connectivity index (χ2v) is 7.43. The molecule has 1 aliphatic heterocycles. The number of anilines is 2. The highest BCUT2D eigenvalue weighted by Gasteiger charge is 2.22. The maximum absolute atomic E-state index is 12.5. The third-order valence-corrected chi connectivity index (χ3v) is 4.89. The van der Waals surface area contributed by atoms with E-state index in [1.165, 1.54) is 6.42 Å². The standard InChI is InChI=1S/C19H22BrN3O/c1-13-4-3-9-23(12-13)19(24)18-8-6-16(11-21-18)22-17-7-5-15(20)10-14(17)2/h5-8,10-11,13,22H,3-4,9,12H2,1-2H3. The summed E-state index contributed by atoms with van der Waals surface area (Å²) >= 11 is 3.47. The summed E-state index contributed by atoms with van der Waals surface area (Å²) in [5.41, 5.74) is 3.57. The number of hydrogen-bond acceptors (Lipinski definition) is 3. The number of aryl methyl sites for hydroxylation is 1. The van der Waals surface area contributed by atoms with Crippen LogP contribution in [0.25, 0.3) is 0 Å². The van der Waals surface area contributed by atoms with Gasteiger partial charge in [-0.3, -0.25) is 4.79 Å². The molecule has 1 aromatic carbocycles. The van der Waals surface area contributed by atoms with Crippen LogP contribution in [0.1, 0.15) is 35.8 Å².